The van der Waals surface area contributed by atoms with Crippen molar-refractivity contribution in [2.45, 2.75) is 76.6 Å². The molecule has 0 bridgehead atoms. The summed E-state index contributed by atoms with van der Waals surface area (Å²) in [6, 6.07) is -5.11. The summed E-state index contributed by atoms with van der Waals surface area (Å²) in [7, 11) is 0. The summed E-state index contributed by atoms with van der Waals surface area (Å²) in [6.45, 7) is 4.56. The lowest BCUT2D eigenvalue weighted by molar-refractivity contribution is -0.984. The number of imide groups is 1. The number of hydrogen-bond acceptors (Lipinski definition) is 9. The highest BCUT2D eigenvalue weighted by Crippen LogP contribution is 2.27. The van der Waals surface area contributed by atoms with Gasteiger partial charge in [-0.3, -0.25) is 9.59 Å². The number of carboxylic acids is 2. The lowest BCUT2D eigenvalue weighted by Gasteiger charge is -2.30. The molecular weight excluding hydrogens is 418 g/mol. The molecule has 1 aliphatic rings. The van der Waals surface area contributed by atoms with Gasteiger partial charge in [0.2, 0.25) is 11.9 Å². The molecule has 1 rings (SSSR count). The van der Waals surface area contributed by atoms with Gasteiger partial charge in [-0.2, -0.15) is 0 Å². The molecule has 1 saturated heterocycles. The fourth-order valence-corrected chi connectivity index (χ4v) is 2.95. The minimum atomic E-state index is -2.09. The Morgan fingerprint density at radius 2 is 1.65 bits per heavy atom. The fourth-order valence-electron chi connectivity index (χ4n) is 2.95. The number of esters is 1. The summed E-state index contributed by atoms with van der Waals surface area (Å²) in [5.41, 5.74) is 4.59. The molecule has 0 aromatic heterocycles. The molecule has 13 heteroatoms. The molecule has 3 amide bonds. The predicted octanol–water partition coefficient (Wildman–Crippen LogP) is -1.10. The number of nitrogens with two attached hydrogens (primary N) is 1. The van der Waals surface area contributed by atoms with Gasteiger partial charge in [0.05, 0.1) is 18.9 Å². The molecule has 1 heterocycles. The maximum absolute atomic E-state index is 12.6. The molecule has 13 nitrogen and oxygen atoms in total. The van der Waals surface area contributed by atoms with Crippen LogP contribution in [0, 0.1) is 0 Å². The van der Waals surface area contributed by atoms with E-state index in [2.05, 4.69) is 5.32 Å². The van der Waals surface area contributed by atoms with Crippen molar-refractivity contribution in [2.24, 2.45) is 5.73 Å². The maximum Gasteiger partial charge on any atom is 0.366 e. The number of ether oxygens (including phenoxy) is 1. The Morgan fingerprint density at radius 3 is 2.06 bits per heavy atom. The van der Waals surface area contributed by atoms with Gasteiger partial charge in [0, 0.05) is 12.8 Å². The van der Waals surface area contributed by atoms with Crippen LogP contribution in [0.5, 0.6) is 0 Å². The van der Waals surface area contributed by atoms with Crippen LogP contribution in [0.25, 0.3) is 0 Å². The Bertz CT molecular complexity index is 757. The summed E-state index contributed by atoms with van der Waals surface area (Å²) in [4.78, 5) is 71.5. The number of likely N-dealkylation sites (tertiary alicyclic amines) is 1. The predicted molar refractivity (Wildman–Crippen MR) is 100.0 cm³/mol. The van der Waals surface area contributed by atoms with Crippen molar-refractivity contribution >= 4 is 35.6 Å². The number of amides is 3. The van der Waals surface area contributed by atoms with Crippen molar-refractivity contribution < 1.29 is 53.6 Å². The third kappa shape index (κ3) is 6.80. The third-order valence-corrected chi connectivity index (χ3v) is 4.52. The average Bonchev–Trinajstić information content (AvgIpc) is 2.88. The molecule has 0 aliphatic carbocycles. The number of nitrogens with zero attached hydrogens (tertiary/aromatic N) is 1. The number of quaternary nitrogens is 1. The lowest BCUT2D eigenvalue weighted by Crippen LogP contribution is -2.62. The molecule has 31 heavy (non-hydrogen) atoms. The molecule has 0 saturated carbocycles. The number of hydrogen-bond donors (Lipinski definition) is 5. The highest BCUT2D eigenvalue weighted by molar-refractivity contribution is 5.94. The van der Waals surface area contributed by atoms with Gasteiger partial charge in [-0.1, -0.05) is 0 Å². The van der Waals surface area contributed by atoms with Gasteiger partial charge in [0.25, 0.3) is 0 Å². The zero-order valence-corrected chi connectivity index (χ0v) is 17.5. The van der Waals surface area contributed by atoms with Crippen molar-refractivity contribution in [3.63, 3.8) is 0 Å². The lowest BCUT2D eigenvalue weighted by atomic mass is 10.0. The van der Waals surface area contributed by atoms with Crippen LogP contribution in [0.3, 0.4) is 0 Å². The summed E-state index contributed by atoms with van der Waals surface area (Å²) in [5, 5.41) is 30.9. The monoisotopic (exact) mass is 446 g/mol. The van der Waals surface area contributed by atoms with Gasteiger partial charge < -0.3 is 26.0 Å². The Kier molecular flexibility index (Phi) is 8.38. The van der Waals surface area contributed by atoms with E-state index in [4.69, 9.17) is 15.6 Å². The first-order chi connectivity index (χ1) is 14.1. The normalized spacial score (nSPS) is 18.7. The Hall–Kier alpha value is -2.90. The van der Waals surface area contributed by atoms with Crippen LogP contribution in [0.15, 0.2) is 0 Å². The van der Waals surface area contributed by atoms with Crippen LogP contribution >= 0.6 is 0 Å². The minimum absolute atomic E-state index is 0.262. The average molecular weight is 446 g/mol. The largest absolute Gasteiger partial charge is 0.481 e. The highest BCUT2D eigenvalue weighted by Gasteiger charge is 2.59. The second-order valence-corrected chi connectivity index (χ2v) is 8.20. The summed E-state index contributed by atoms with van der Waals surface area (Å²) < 4.78 is 3.14. The number of carbonyl (C=O) groups is 6. The van der Waals surface area contributed by atoms with E-state index >= 15 is 0 Å². The Balaban J connectivity index is 3.17. The van der Waals surface area contributed by atoms with Crippen LogP contribution in [-0.4, -0.2) is 79.4 Å². The zero-order chi connectivity index (χ0) is 24.1. The van der Waals surface area contributed by atoms with Crippen LogP contribution in [0.4, 0.5) is 0 Å². The number of rotatable bonds is 10. The van der Waals surface area contributed by atoms with Crippen molar-refractivity contribution in [3.05, 3.63) is 0 Å². The second kappa shape index (κ2) is 9.94. The smallest absolute Gasteiger partial charge is 0.366 e. The van der Waals surface area contributed by atoms with Crippen LogP contribution < -0.4 is 11.1 Å². The van der Waals surface area contributed by atoms with E-state index in [9.17, 15) is 39.1 Å². The van der Waals surface area contributed by atoms with Crippen molar-refractivity contribution in [1.29, 1.82) is 0 Å². The zero-order valence-electron chi connectivity index (χ0n) is 17.5. The number of carbonyl (C=O) groups excluding carboxylic acids is 4. The molecule has 174 valence electrons. The molecule has 0 aromatic rings. The fraction of sp³-hybridized carbons (Fsp3) is 0.667. The number of carboxylic acid groups (broad SMARTS) is 2. The summed E-state index contributed by atoms with van der Waals surface area (Å²) in [5.74, 6) is -7.09. The van der Waals surface area contributed by atoms with E-state index in [-0.39, 0.29) is 19.3 Å². The van der Waals surface area contributed by atoms with E-state index in [0.29, 0.717) is 0 Å². The Morgan fingerprint density at radius 1 is 1.13 bits per heavy atom. The Labute approximate surface area is 177 Å². The first-order valence-electron chi connectivity index (χ1n) is 9.51. The van der Waals surface area contributed by atoms with Gasteiger partial charge in [-0.25, -0.2) is 24.4 Å². The molecule has 1 fully saturated rings. The highest BCUT2D eigenvalue weighted by atomic mass is 16.6. The van der Waals surface area contributed by atoms with E-state index < -0.39 is 76.8 Å². The second-order valence-electron chi connectivity index (χ2n) is 8.20. The molecule has 1 unspecified atom stereocenters. The number of hydroxylamine groups is 3. The molecular formula is C18H28N3O10+. The number of nitrogens with one attached hydrogen (secondary N) is 1. The molecule has 1 aliphatic heterocycles. The maximum atomic E-state index is 12.6. The van der Waals surface area contributed by atoms with Gasteiger partial charge in [0.15, 0.2) is 0 Å². The van der Waals surface area contributed by atoms with Gasteiger partial charge in [0.1, 0.15) is 11.6 Å². The van der Waals surface area contributed by atoms with E-state index in [1.165, 1.54) is 20.8 Å². The first-order valence-corrected chi connectivity index (χ1v) is 9.51. The quantitative estimate of drug-likeness (QED) is 0.118. The van der Waals surface area contributed by atoms with E-state index in [1.807, 2.05) is 0 Å². The van der Waals surface area contributed by atoms with Crippen LogP contribution in [-0.2, 0) is 33.5 Å². The minimum Gasteiger partial charge on any atom is -0.481 e. The van der Waals surface area contributed by atoms with Crippen LogP contribution in [0.2, 0.25) is 0 Å². The number of aliphatic carboxylic acids is 2. The van der Waals surface area contributed by atoms with Gasteiger partial charge in [-0.05, 0) is 31.8 Å². The van der Waals surface area contributed by atoms with Crippen molar-refractivity contribution in [2.75, 3.05) is 0 Å². The molecule has 0 spiro atoms. The van der Waals surface area contributed by atoms with Gasteiger partial charge >= 0.3 is 29.7 Å². The SMILES string of the molecule is CC(C)(C)OC(=O)[C@H](CC(C(=O)O)[N+]1(O)C(=O)CCC1=O)NC(=O)[C@@H](N)CCC(=O)O. The van der Waals surface area contributed by atoms with Crippen molar-refractivity contribution in [3.8, 4) is 0 Å². The first kappa shape index (κ1) is 26.1. The van der Waals surface area contributed by atoms with Crippen molar-refractivity contribution in [1.82, 2.24) is 5.32 Å². The van der Waals surface area contributed by atoms with E-state index in [0.717, 1.165) is 0 Å². The topological polar surface area (TPSA) is 210 Å². The van der Waals surface area contributed by atoms with Gasteiger partial charge in [-0.15, -0.1) is 0 Å². The summed E-state index contributed by atoms with van der Waals surface area (Å²) >= 11 is 0. The molecule has 3 atom stereocenters. The third-order valence-electron chi connectivity index (χ3n) is 4.52. The summed E-state index contributed by atoms with van der Waals surface area (Å²) in [6.07, 6.45) is -2.29. The van der Waals surface area contributed by atoms with Crippen LogP contribution in [0.1, 0.15) is 52.9 Å². The molecule has 6 N–H and O–H groups in total. The molecule has 0 radical (unpaired) electrons. The standard InChI is InChI=1S/C18H27N3O10/c1-18(2,3)31-17(29)10(20-15(26)9(19)4-7-14(24)25)8-11(16(27)28)21(30)12(22)5-6-13(21)23/h9-11,30H,4-8,19H2,1-3H3,(H2-,20,24,25,26,27,28)/p+1/t9-,10-,11?/m0/s1. The van der Waals surface area contributed by atoms with E-state index in [1.54, 1.807) is 0 Å². The molecule has 0 aromatic carbocycles.